The van der Waals surface area contributed by atoms with Gasteiger partial charge in [0, 0.05) is 11.9 Å². The first-order valence-corrected chi connectivity index (χ1v) is 9.69. The van der Waals surface area contributed by atoms with Crippen molar-refractivity contribution in [2.45, 2.75) is 11.8 Å². The van der Waals surface area contributed by atoms with Crippen molar-refractivity contribution in [3.05, 3.63) is 54.1 Å². The van der Waals surface area contributed by atoms with Crippen molar-refractivity contribution in [1.29, 1.82) is 0 Å². The van der Waals surface area contributed by atoms with E-state index < -0.39 is 28.3 Å². The summed E-state index contributed by atoms with van der Waals surface area (Å²) in [6.45, 7) is 1.87. The van der Waals surface area contributed by atoms with E-state index in [1.807, 2.05) is 6.92 Å². The van der Waals surface area contributed by atoms with Crippen LogP contribution in [-0.4, -0.2) is 39.8 Å². The molecule has 0 aliphatic carbocycles. The maximum absolute atomic E-state index is 12.1. The Morgan fingerprint density at radius 1 is 1.04 bits per heavy atom. The number of ether oxygens (including phenoxy) is 2. The summed E-state index contributed by atoms with van der Waals surface area (Å²) in [7, 11) is -3.59. The average molecular weight is 377 g/mol. The van der Waals surface area contributed by atoms with Gasteiger partial charge in [-0.2, -0.15) is 0 Å². The molecule has 26 heavy (non-hydrogen) atoms. The van der Waals surface area contributed by atoms with Gasteiger partial charge in [-0.05, 0) is 43.3 Å². The Morgan fingerprint density at radius 2 is 1.69 bits per heavy atom. The van der Waals surface area contributed by atoms with Gasteiger partial charge < -0.3 is 14.8 Å². The molecule has 0 bridgehead atoms. The molecular formula is C18H19NO6S. The van der Waals surface area contributed by atoms with Crippen molar-refractivity contribution in [3.8, 4) is 5.75 Å². The molecule has 0 aromatic heterocycles. The maximum Gasteiger partial charge on any atom is 0.339 e. The van der Waals surface area contributed by atoms with Gasteiger partial charge in [0.2, 0.25) is 0 Å². The van der Waals surface area contributed by atoms with Crippen molar-refractivity contribution in [1.82, 2.24) is 0 Å². The molecular weight excluding hydrogens is 358 g/mol. The van der Waals surface area contributed by atoms with Crippen molar-refractivity contribution in [2.24, 2.45) is 0 Å². The van der Waals surface area contributed by atoms with E-state index >= 15 is 0 Å². The third kappa shape index (κ3) is 5.32. The van der Waals surface area contributed by atoms with Crippen LogP contribution in [0.3, 0.4) is 0 Å². The van der Waals surface area contributed by atoms with Crippen molar-refractivity contribution < 1.29 is 27.5 Å². The smallest absolute Gasteiger partial charge is 0.339 e. The number of rotatable bonds is 7. The molecule has 0 unspecified atom stereocenters. The Kier molecular flexibility index (Phi) is 6.35. The number of benzene rings is 2. The van der Waals surface area contributed by atoms with E-state index in [1.165, 1.54) is 24.3 Å². The SMILES string of the molecule is CCOc1ccc(NC(=O)COC(=O)c2ccccc2S(C)(=O)=O)cc1. The largest absolute Gasteiger partial charge is 0.494 e. The van der Waals surface area contributed by atoms with Gasteiger partial charge in [0.25, 0.3) is 5.91 Å². The second-order valence-corrected chi connectivity index (χ2v) is 7.33. The number of sulfone groups is 1. The van der Waals surface area contributed by atoms with E-state index in [0.29, 0.717) is 18.0 Å². The quantitative estimate of drug-likeness (QED) is 0.743. The fraction of sp³-hybridized carbons (Fsp3) is 0.222. The molecule has 1 N–H and O–H groups in total. The molecule has 2 aromatic carbocycles. The van der Waals surface area contributed by atoms with Gasteiger partial charge in [-0.25, -0.2) is 13.2 Å². The summed E-state index contributed by atoms with van der Waals surface area (Å²) in [6.07, 6.45) is 0.998. The van der Waals surface area contributed by atoms with E-state index in [4.69, 9.17) is 9.47 Å². The molecule has 7 nitrogen and oxygen atoms in total. The standard InChI is InChI=1S/C18H19NO6S/c1-3-24-14-10-8-13(9-11-14)19-17(20)12-25-18(21)15-6-4-5-7-16(15)26(2,22)23/h4-11H,3,12H2,1-2H3,(H,19,20). The highest BCUT2D eigenvalue weighted by molar-refractivity contribution is 7.90. The lowest BCUT2D eigenvalue weighted by Crippen LogP contribution is -2.21. The molecule has 8 heteroatoms. The van der Waals surface area contributed by atoms with Crippen LogP contribution >= 0.6 is 0 Å². The lowest BCUT2D eigenvalue weighted by molar-refractivity contribution is -0.119. The number of nitrogens with one attached hydrogen (secondary N) is 1. The first-order chi connectivity index (χ1) is 12.3. The third-order valence-electron chi connectivity index (χ3n) is 3.29. The zero-order valence-corrected chi connectivity index (χ0v) is 15.2. The number of hydrogen-bond donors (Lipinski definition) is 1. The highest BCUT2D eigenvalue weighted by atomic mass is 32.2. The van der Waals surface area contributed by atoms with Crippen molar-refractivity contribution in [3.63, 3.8) is 0 Å². The lowest BCUT2D eigenvalue weighted by Gasteiger charge is -2.09. The first kappa shape index (κ1) is 19.5. The second kappa shape index (κ2) is 8.48. The molecule has 0 aliphatic rings. The minimum absolute atomic E-state index is 0.108. The molecule has 0 saturated carbocycles. The third-order valence-corrected chi connectivity index (χ3v) is 4.44. The Labute approximate surface area is 151 Å². The predicted molar refractivity (Wildman–Crippen MR) is 96.1 cm³/mol. The van der Waals surface area contributed by atoms with Gasteiger partial charge in [0.15, 0.2) is 16.4 Å². The Hall–Kier alpha value is -2.87. The van der Waals surface area contributed by atoms with Crippen molar-refractivity contribution >= 4 is 27.4 Å². The monoisotopic (exact) mass is 377 g/mol. The summed E-state index contributed by atoms with van der Waals surface area (Å²) in [6, 6.07) is 12.4. The average Bonchev–Trinajstić information content (AvgIpc) is 2.61. The van der Waals surface area contributed by atoms with Crippen molar-refractivity contribution in [2.75, 3.05) is 24.8 Å². The van der Waals surface area contributed by atoms with Crippen LogP contribution in [0.1, 0.15) is 17.3 Å². The number of carbonyl (C=O) groups excluding carboxylic acids is 2. The highest BCUT2D eigenvalue weighted by Crippen LogP contribution is 2.17. The number of anilines is 1. The summed E-state index contributed by atoms with van der Waals surface area (Å²) in [5.41, 5.74) is 0.412. The van der Waals surface area contributed by atoms with E-state index in [1.54, 1.807) is 24.3 Å². The summed E-state index contributed by atoms with van der Waals surface area (Å²) in [5, 5.41) is 2.57. The molecule has 1 amide bonds. The Morgan fingerprint density at radius 3 is 2.31 bits per heavy atom. The fourth-order valence-electron chi connectivity index (χ4n) is 2.17. The van der Waals surface area contributed by atoms with Gasteiger partial charge in [-0.15, -0.1) is 0 Å². The van der Waals surface area contributed by atoms with Gasteiger partial charge in [0.1, 0.15) is 5.75 Å². The molecule has 0 saturated heterocycles. The van der Waals surface area contributed by atoms with E-state index in [-0.39, 0.29) is 10.5 Å². The van der Waals surface area contributed by atoms with Crippen LogP contribution in [0.25, 0.3) is 0 Å². The summed E-state index contributed by atoms with van der Waals surface area (Å²) < 4.78 is 33.6. The highest BCUT2D eigenvalue weighted by Gasteiger charge is 2.20. The van der Waals surface area contributed by atoms with E-state index in [9.17, 15) is 18.0 Å². The molecule has 0 radical (unpaired) electrons. The zero-order valence-electron chi connectivity index (χ0n) is 14.4. The van der Waals surface area contributed by atoms with Crippen LogP contribution in [0.15, 0.2) is 53.4 Å². The van der Waals surface area contributed by atoms with Gasteiger partial charge in [-0.3, -0.25) is 4.79 Å². The summed E-state index contributed by atoms with van der Waals surface area (Å²) in [5.74, 6) is -0.749. The van der Waals surface area contributed by atoms with E-state index in [2.05, 4.69) is 5.32 Å². The zero-order chi connectivity index (χ0) is 19.2. The molecule has 2 aromatic rings. The molecule has 0 aliphatic heterocycles. The van der Waals surface area contributed by atoms with Crippen LogP contribution in [-0.2, 0) is 19.4 Å². The first-order valence-electron chi connectivity index (χ1n) is 7.80. The molecule has 0 fully saturated rings. The minimum atomic E-state index is -3.59. The van der Waals surface area contributed by atoms with Gasteiger partial charge in [-0.1, -0.05) is 12.1 Å². The Bertz CT molecular complexity index is 890. The molecule has 0 spiro atoms. The number of carbonyl (C=O) groups is 2. The number of amides is 1. The Balaban J connectivity index is 1.96. The lowest BCUT2D eigenvalue weighted by atomic mass is 10.2. The predicted octanol–water partition coefficient (Wildman–Crippen LogP) is 2.28. The second-order valence-electron chi connectivity index (χ2n) is 5.35. The van der Waals surface area contributed by atoms with Gasteiger partial charge >= 0.3 is 5.97 Å². The van der Waals surface area contributed by atoms with E-state index in [0.717, 1.165) is 6.26 Å². The minimum Gasteiger partial charge on any atom is -0.494 e. The fourth-order valence-corrected chi connectivity index (χ4v) is 3.04. The normalized spacial score (nSPS) is 10.8. The molecule has 2 rings (SSSR count). The van der Waals surface area contributed by atoms with Crippen LogP contribution in [0, 0.1) is 0 Å². The van der Waals surface area contributed by atoms with Crippen LogP contribution in [0.4, 0.5) is 5.69 Å². The van der Waals surface area contributed by atoms with Gasteiger partial charge in [0.05, 0.1) is 17.1 Å². The topological polar surface area (TPSA) is 98.8 Å². The molecule has 138 valence electrons. The molecule has 0 heterocycles. The summed E-state index contributed by atoms with van der Waals surface area (Å²) >= 11 is 0. The number of hydrogen-bond acceptors (Lipinski definition) is 6. The van der Waals surface area contributed by atoms with Crippen LogP contribution < -0.4 is 10.1 Å². The molecule has 0 atom stereocenters. The number of esters is 1. The maximum atomic E-state index is 12.1. The van der Waals surface area contributed by atoms with Crippen LogP contribution in [0.5, 0.6) is 5.75 Å². The summed E-state index contributed by atoms with van der Waals surface area (Å²) in [4.78, 5) is 23.9. The van der Waals surface area contributed by atoms with Crippen LogP contribution in [0.2, 0.25) is 0 Å².